The number of carbonyl (C=O) groups excluding carboxylic acids is 2. The van der Waals surface area contributed by atoms with E-state index in [4.69, 9.17) is 0 Å². The second-order valence-electron chi connectivity index (χ2n) is 6.09. The maximum atomic E-state index is 12.9. The number of imide groups is 1. The predicted molar refractivity (Wildman–Crippen MR) is 103 cm³/mol. The molecule has 0 N–H and O–H groups in total. The zero-order valence-electron chi connectivity index (χ0n) is 14.0. The molecule has 2 atom stereocenters. The van der Waals surface area contributed by atoms with Crippen molar-refractivity contribution in [2.75, 3.05) is 0 Å². The Kier molecular flexibility index (Phi) is 4.59. The molecular weight excluding hydrogens is 342 g/mol. The van der Waals surface area contributed by atoms with E-state index in [9.17, 15) is 9.59 Å². The first-order valence-electron chi connectivity index (χ1n) is 8.45. The molecule has 0 unspecified atom stereocenters. The number of hydrogen-bond donors (Lipinski definition) is 0. The number of β-lactam (4-membered cyclic amide) rings is 1. The molecule has 1 aliphatic rings. The third-order valence-corrected chi connectivity index (χ3v) is 5.69. The summed E-state index contributed by atoms with van der Waals surface area (Å²) in [5.74, 6) is -0.379. The van der Waals surface area contributed by atoms with E-state index in [1.54, 1.807) is 12.1 Å². The Bertz CT molecular complexity index is 913. The van der Waals surface area contributed by atoms with Crippen LogP contribution in [0, 0.1) is 0 Å². The van der Waals surface area contributed by atoms with Crippen molar-refractivity contribution in [2.24, 2.45) is 0 Å². The number of benzene rings is 3. The molecule has 1 fully saturated rings. The lowest BCUT2D eigenvalue weighted by Crippen LogP contribution is -2.59. The number of amides is 2. The number of hydrogen-bond acceptors (Lipinski definition) is 3. The number of nitrogens with zero attached hydrogens (tertiary/aromatic N) is 1. The minimum Gasteiger partial charge on any atom is -0.273 e. The first-order chi connectivity index (χ1) is 12.8. The van der Waals surface area contributed by atoms with E-state index in [-0.39, 0.29) is 23.1 Å². The summed E-state index contributed by atoms with van der Waals surface area (Å²) in [6.45, 7) is 0. The van der Waals surface area contributed by atoms with Gasteiger partial charge in [0.1, 0.15) is 5.25 Å². The van der Waals surface area contributed by atoms with E-state index in [1.807, 2.05) is 78.9 Å². The lowest BCUT2D eigenvalue weighted by molar-refractivity contribution is -0.140. The van der Waals surface area contributed by atoms with Crippen molar-refractivity contribution in [1.82, 2.24) is 4.90 Å². The molecule has 1 saturated heterocycles. The molecule has 0 radical (unpaired) electrons. The van der Waals surface area contributed by atoms with Gasteiger partial charge in [0.25, 0.3) is 5.91 Å². The number of thioether (sulfide) groups is 1. The Balaban J connectivity index is 1.66. The van der Waals surface area contributed by atoms with Gasteiger partial charge in [-0.1, -0.05) is 66.7 Å². The van der Waals surface area contributed by atoms with Crippen LogP contribution in [0.1, 0.15) is 22.0 Å². The van der Waals surface area contributed by atoms with E-state index in [1.165, 1.54) is 16.7 Å². The molecule has 3 nitrogen and oxygen atoms in total. The molecular formula is C22H17NO2S. The van der Waals surface area contributed by atoms with Crippen molar-refractivity contribution in [3.05, 3.63) is 102 Å². The second kappa shape index (κ2) is 7.18. The number of likely N-dealkylation sites (tertiary alicyclic amines) is 1. The first-order valence-corrected chi connectivity index (χ1v) is 9.33. The quantitative estimate of drug-likeness (QED) is 0.506. The van der Waals surface area contributed by atoms with E-state index < -0.39 is 0 Å². The predicted octanol–water partition coefficient (Wildman–Crippen LogP) is 4.57. The molecule has 4 heteroatoms. The summed E-state index contributed by atoms with van der Waals surface area (Å²) in [7, 11) is 0. The smallest absolute Gasteiger partial charge is 0.261 e. The normalized spacial score (nSPS) is 19.1. The topological polar surface area (TPSA) is 37.4 Å². The maximum absolute atomic E-state index is 12.9. The Hall–Kier alpha value is -2.85. The van der Waals surface area contributed by atoms with Crippen LogP contribution in [-0.4, -0.2) is 22.0 Å². The third kappa shape index (κ3) is 3.04. The van der Waals surface area contributed by atoms with Crippen LogP contribution < -0.4 is 0 Å². The van der Waals surface area contributed by atoms with Gasteiger partial charge < -0.3 is 0 Å². The Morgan fingerprint density at radius 1 is 0.769 bits per heavy atom. The average Bonchev–Trinajstić information content (AvgIpc) is 2.71. The molecule has 0 bridgehead atoms. The fourth-order valence-electron chi connectivity index (χ4n) is 3.14. The highest BCUT2D eigenvalue weighted by atomic mass is 32.2. The van der Waals surface area contributed by atoms with Crippen LogP contribution in [0.4, 0.5) is 0 Å². The molecule has 1 heterocycles. The molecule has 4 rings (SSSR count). The van der Waals surface area contributed by atoms with Gasteiger partial charge in [0, 0.05) is 10.5 Å². The maximum Gasteiger partial charge on any atom is 0.261 e. The Labute approximate surface area is 156 Å². The van der Waals surface area contributed by atoms with Crippen LogP contribution in [0.5, 0.6) is 0 Å². The zero-order chi connectivity index (χ0) is 17.9. The van der Waals surface area contributed by atoms with Crippen LogP contribution in [-0.2, 0) is 4.79 Å². The average molecular weight is 359 g/mol. The minimum absolute atomic E-state index is 0.137. The van der Waals surface area contributed by atoms with Gasteiger partial charge in [-0.25, -0.2) is 0 Å². The summed E-state index contributed by atoms with van der Waals surface area (Å²) in [6, 6.07) is 28.3. The molecule has 0 aromatic heterocycles. The van der Waals surface area contributed by atoms with Crippen molar-refractivity contribution in [3.63, 3.8) is 0 Å². The summed E-state index contributed by atoms with van der Waals surface area (Å²) >= 11 is 1.51. The second-order valence-corrected chi connectivity index (χ2v) is 7.30. The summed E-state index contributed by atoms with van der Waals surface area (Å²) in [5.41, 5.74) is 1.51. The fourth-order valence-corrected chi connectivity index (χ4v) is 4.37. The molecule has 0 saturated carbocycles. The molecule has 1 aliphatic heterocycles. The summed E-state index contributed by atoms with van der Waals surface area (Å²) in [6.07, 6.45) is 0. The lowest BCUT2D eigenvalue weighted by atomic mass is 9.92. The molecule has 26 heavy (non-hydrogen) atoms. The lowest BCUT2D eigenvalue weighted by Gasteiger charge is -2.45. The van der Waals surface area contributed by atoms with Gasteiger partial charge >= 0.3 is 0 Å². The standard InChI is InChI=1S/C22H17NO2S/c24-21(17-12-6-2-7-13-17)23-19(16-10-4-1-5-11-16)20(22(23)25)26-18-14-8-3-9-15-18/h1-15,19-20H/t19-,20+/m0/s1. The van der Waals surface area contributed by atoms with Crippen molar-refractivity contribution >= 4 is 23.6 Å². The van der Waals surface area contributed by atoms with Gasteiger partial charge in [-0.3, -0.25) is 14.5 Å². The van der Waals surface area contributed by atoms with Crippen LogP contribution in [0.25, 0.3) is 0 Å². The minimum atomic E-state index is -0.299. The molecule has 0 spiro atoms. The van der Waals surface area contributed by atoms with E-state index in [0.29, 0.717) is 5.56 Å². The largest absolute Gasteiger partial charge is 0.273 e. The van der Waals surface area contributed by atoms with Gasteiger partial charge in [0.15, 0.2) is 0 Å². The van der Waals surface area contributed by atoms with Crippen molar-refractivity contribution < 1.29 is 9.59 Å². The Morgan fingerprint density at radius 2 is 1.31 bits per heavy atom. The van der Waals surface area contributed by atoms with Crippen molar-refractivity contribution in [3.8, 4) is 0 Å². The first kappa shape index (κ1) is 16.6. The zero-order valence-corrected chi connectivity index (χ0v) is 14.8. The highest BCUT2D eigenvalue weighted by molar-refractivity contribution is 8.00. The van der Waals surface area contributed by atoms with Gasteiger partial charge in [0.2, 0.25) is 5.91 Å². The highest BCUT2D eigenvalue weighted by Gasteiger charge is 2.51. The molecule has 0 aliphatic carbocycles. The van der Waals surface area contributed by atoms with Gasteiger partial charge in [-0.15, -0.1) is 11.8 Å². The van der Waals surface area contributed by atoms with Crippen LogP contribution in [0.15, 0.2) is 95.9 Å². The third-order valence-electron chi connectivity index (χ3n) is 4.43. The van der Waals surface area contributed by atoms with Gasteiger partial charge in [0.05, 0.1) is 6.04 Å². The van der Waals surface area contributed by atoms with E-state index >= 15 is 0 Å². The van der Waals surface area contributed by atoms with E-state index in [0.717, 1.165) is 10.5 Å². The molecule has 3 aromatic carbocycles. The monoisotopic (exact) mass is 359 g/mol. The van der Waals surface area contributed by atoms with Crippen LogP contribution in [0.2, 0.25) is 0 Å². The van der Waals surface area contributed by atoms with Gasteiger partial charge in [-0.2, -0.15) is 0 Å². The Morgan fingerprint density at radius 3 is 1.92 bits per heavy atom. The van der Waals surface area contributed by atoms with Crippen LogP contribution >= 0.6 is 11.8 Å². The van der Waals surface area contributed by atoms with Crippen molar-refractivity contribution in [1.29, 1.82) is 0 Å². The van der Waals surface area contributed by atoms with Gasteiger partial charge in [-0.05, 0) is 29.8 Å². The van der Waals surface area contributed by atoms with E-state index in [2.05, 4.69) is 0 Å². The van der Waals surface area contributed by atoms with Crippen molar-refractivity contribution in [2.45, 2.75) is 16.2 Å². The summed E-state index contributed by atoms with van der Waals surface area (Å²) < 4.78 is 0. The summed E-state index contributed by atoms with van der Waals surface area (Å²) in [5, 5.41) is -0.299. The molecule has 2 amide bonds. The number of rotatable bonds is 4. The fraction of sp³-hybridized carbons (Fsp3) is 0.0909. The van der Waals surface area contributed by atoms with Crippen LogP contribution in [0.3, 0.4) is 0 Å². The number of carbonyl (C=O) groups is 2. The molecule has 3 aromatic rings. The molecule has 128 valence electrons. The summed E-state index contributed by atoms with van der Waals surface area (Å²) in [4.78, 5) is 28.2. The SMILES string of the molecule is O=C(c1ccccc1)N1C(=O)[C@H](Sc2ccccc2)[C@@H]1c1ccccc1. The highest BCUT2D eigenvalue weighted by Crippen LogP contribution is 2.45.